The van der Waals surface area contributed by atoms with Crippen molar-refractivity contribution in [2.45, 2.75) is 25.7 Å². The molecule has 6 nitrogen and oxygen atoms in total. The molecule has 2 aromatic heterocycles. The maximum atomic E-state index is 13.2. The normalized spacial score (nSPS) is 12.9. The number of methoxy groups -OCH3 is 1. The van der Waals surface area contributed by atoms with Crippen LogP contribution in [0, 0.1) is 0 Å². The predicted molar refractivity (Wildman–Crippen MR) is 138 cm³/mol. The smallest absolute Gasteiger partial charge is 0.337 e. The fraction of sp³-hybridized carbons (Fsp3) is 0.179. The van der Waals surface area contributed by atoms with Crippen LogP contribution in [0.4, 0.5) is 10.7 Å². The monoisotopic (exact) mass is 484 g/mol. The van der Waals surface area contributed by atoms with Gasteiger partial charge in [-0.05, 0) is 67.6 Å². The number of rotatable bonds is 6. The first kappa shape index (κ1) is 22.8. The number of carbonyl (C=O) groups is 2. The van der Waals surface area contributed by atoms with Crippen LogP contribution in [-0.4, -0.2) is 25.2 Å². The van der Waals surface area contributed by atoms with E-state index in [-0.39, 0.29) is 5.91 Å². The Kier molecular flexibility index (Phi) is 6.59. The summed E-state index contributed by atoms with van der Waals surface area (Å²) in [5.41, 5.74) is 3.74. The number of esters is 1. The number of nitrogens with zero attached hydrogens (tertiary/aromatic N) is 1. The second-order valence-electron chi connectivity index (χ2n) is 8.24. The zero-order valence-electron chi connectivity index (χ0n) is 19.2. The number of aliphatic imine (C=N–C) groups is 1. The first-order chi connectivity index (χ1) is 17.1. The van der Waals surface area contributed by atoms with E-state index < -0.39 is 5.97 Å². The van der Waals surface area contributed by atoms with E-state index in [1.54, 1.807) is 35.8 Å². The molecular formula is C28H24N2O4S. The molecule has 35 heavy (non-hydrogen) atoms. The Bertz CT molecular complexity index is 1400. The van der Waals surface area contributed by atoms with Crippen molar-refractivity contribution >= 4 is 40.1 Å². The number of amides is 1. The number of benzene rings is 2. The lowest BCUT2D eigenvalue weighted by molar-refractivity contribution is 0.0600. The zero-order chi connectivity index (χ0) is 24.2. The van der Waals surface area contributed by atoms with E-state index in [1.807, 2.05) is 48.5 Å². The van der Waals surface area contributed by atoms with Gasteiger partial charge >= 0.3 is 5.97 Å². The number of nitrogens with one attached hydrogen (secondary N) is 1. The van der Waals surface area contributed by atoms with E-state index in [9.17, 15) is 9.59 Å². The maximum absolute atomic E-state index is 13.2. The van der Waals surface area contributed by atoms with Gasteiger partial charge in [0.1, 0.15) is 16.5 Å². The third-order valence-electron chi connectivity index (χ3n) is 5.92. The average Bonchev–Trinajstić information content (AvgIpc) is 3.52. The lowest BCUT2D eigenvalue weighted by Gasteiger charge is -2.12. The molecule has 0 radical (unpaired) electrons. The number of thiophene rings is 1. The minimum Gasteiger partial charge on any atom is -0.465 e. The minimum atomic E-state index is -0.400. The number of carbonyl (C=O) groups excluding carboxylic acids is 2. The molecule has 0 saturated heterocycles. The molecule has 2 aromatic carbocycles. The molecule has 0 unspecified atom stereocenters. The van der Waals surface area contributed by atoms with Crippen LogP contribution in [0.1, 0.15) is 49.8 Å². The van der Waals surface area contributed by atoms with Gasteiger partial charge in [0.2, 0.25) is 0 Å². The first-order valence-corrected chi connectivity index (χ1v) is 12.3. The van der Waals surface area contributed by atoms with Gasteiger partial charge in [0.25, 0.3) is 5.91 Å². The molecule has 0 fully saturated rings. The van der Waals surface area contributed by atoms with Gasteiger partial charge in [0, 0.05) is 16.1 Å². The molecule has 1 aliphatic carbocycles. The highest BCUT2D eigenvalue weighted by atomic mass is 32.1. The van der Waals surface area contributed by atoms with Crippen LogP contribution in [-0.2, 0) is 17.6 Å². The number of para-hydroxylation sites is 1. The molecule has 0 aliphatic heterocycles. The van der Waals surface area contributed by atoms with Crippen LogP contribution in [0.15, 0.2) is 76.1 Å². The molecular weight excluding hydrogens is 460 g/mol. The summed E-state index contributed by atoms with van der Waals surface area (Å²) in [6.45, 7) is 0. The topological polar surface area (TPSA) is 80.9 Å². The molecule has 0 atom stereocenters. The highest BCUT2D eigenvalue weighted by molar-refractivity contribution is 7.16. The molecule has 0 spiro atoms. The Hall–Kier alpha value is -3.97. The number of hydrogen-bond acceptors (Lipinski definition) is 6. The molecule has 4 aromatic rings. The summed E-state index contributed by atoms with van der Waals surface area (Å²) in [7, 11) is 1.35. The molecule has 7 heteroatoms. The summed E-state index contributed by atoms with van der Waals surface area (Å²) in [5, 5.41) is 3.70. The standard InChI is InChI=1S/C28H24N2O4S/c1-33-28(32)19-9-7-8-18(16-19)23-15-14-21(34-23)17-29-27-25(22-12-5-6-13-24(22)35-27)26(31)30-20-10-3-2-4-11-20/h2-4,7-11,14-17H,5-6,12-13H2,1H3,(H,30,31). The molecule has 2 heterocycles. The van der Waals surface area contributed by atoms with Crippen LogP contribution >= 0.6 is 11.3 Å². The first-order valence-electron chi connectivity index (χ1n) is 11.5. The Labute approximate surface area is 207 Å². The van der Waals surface area contributed by atoms with Gasteiger partial charge in [0.15, 0.2) is 0 Å². The Morgan fingerprint density at radius 2 is 1.86 bits per heavy atom. The SMILES string of the molecule is COC(=O)c1cccc(-c2ccc(C=Nc3sc4c(c3C(=O)Nc3ccccc3)CCCC4)o2)c1. The summed E-state index contributed by atoms with van der Waals surface area (Å²) in [6.07, 6.45) is 5.71. The second-order valence-corrected chi connectivity index (χ2v) is 9.33. The molecule has 0 saturated carbocycles. The quantitative estimate of drug-likeness (QED) is 0.245. The van der Waals surface area contributed by atoms with E-state index in [4.69, 9.17) is 9.15 Å². The summed E-state index contributed by atoms with van der Waals surface area (Å²) >= 11 is 1.58. The van der Waals surface area contributed by atoms with Gasteiger partial charge in [-0.15, -0.1) is 11.3 Å². The van der Waals surface area contributed by atoms with Gasteiger partial charge in [-0.1, -0.05) is 30.3 Å². The van der Waals surface area contributed by atoms with Crippen molar-refractivity contribution in [1.29, 1.82) is 0 Å². The Morgan fingerprint density at radius 1 is 1.03 bits per heavy atom. The molecule has 0 bridgehead atoms. The van der Waals surface area contributed by atoms with Gasteiger partial charge in [-0.25, -0.2) is 9.79 Å². The highest BCUT2D eigenvalue weighted by Crippen LogP contribution is 2.40. The van der Waals surface area contributed by atoms with Gasteiger partial charge in [-0.3, -0.25) is 4.79 Å². The lowest BCUT2D eigenvalue weighted by atomic mass is 9.95. The van der Waals surface area contributed by atoms with E-state index in [2.05, 4.69) is 10.3 Å². The predicted octanol–water partition coefficient (Wildman–Crippen LogP) is 6.68. The van der Waals surface area contributed by atoms with Crippen molar-refractivity contribution < 1.29 is 18.7 Å². The Balaban J connectivity index is 1.42. The van der Waals surface area contributed by atoms with Crippen molar-refractivity contribution in [3.63, 3.8) is 0 Å². The van der Waals surface area contributed by atoms with E-state index in [0.29, 0.717) is 27.6 Å². The van der Waals surface area contributed by atoms with E-state index in [0.717, 1.165) is 42.5 Å². The van der Waals surface area contributed by atoms with E-state index in [1.165, 1.54) is 12.0 Å². The number of hydrogen-bond donors (Lipinski definition) is 1. The van der Waals surface area contributed by atoms with Crippen molar-refractivity contribution in [3.8, 4) is 11.3 Å². The number of aryl methyl sites for hydroxylation is 1. The third-order valence-corrected chi connectivity index (χ3v) is 7.12. The highest BCUT2D eigenvalue weighted by Gasteiger charge is 2.25. The minimum absolute atomic E-state index is 0.137. The molecule has 1 aliphatic rings. The fourth-order valence-corrected chi connectivity index (χ4v) is 5.44. The Morgan fingerprint density at radius 3 is 2.69 bits per heavy atom. The van der Waals surface area contributed by atoms with Gasteiger partial charge < -0.3 is 14.5 Å². The number of fused-ring (bicyclic) bond motifs is 1. The van der Waals surface area contributed by atoms with Crippen molar-refractivity contribution in [3.05, 3.63) is 94.1 Å². The largest absolute Gasteiger partial charge is 0.465 e. The van der Waals surface area contributed by atoms with Crippen molar-refractivity contribution in [2.24, 2.45) is 4.99 Å². The van der Waals surface area contributed by atoms with Crippen molar-refractivity contribution in [2.75, 3.05) is 12.4 Å². The van der Waals surface area contributed by atoms with Crippen LogP contribution < -0.4 is 5.32 Å². The van der Waals surface area contributed by atoms with Gasteiger partial charge in [-0.2, -0.15) is 0 Å². The average molecular weight is 485 g/mol. The summed E-state index contributed by atoms with van der Waals surface area (Å²) in [5.74, 6) is 0.639. The summed E-state index contributed by atoms with van der Waals surface area (Å²) in [4.78, 5) is 31.0. The van der Waals surface area contributed by atoms with E-state index >= 15 is 0 Å². The fourth-order valence-electron chi connectivity index (χ4n) is 4.21. The van der Waals surface area contributed by atoms with Crippen LogP contribution in [0.2, 0.25) is 0 Å². The second kappa shape index (κ2) is 10.1. The number of ether oxygens (including phenoxy) is 1. The third kappa shape index (κ3) is 4.95. The zero-order valence-corrected chi connectivity index (χ0v) is 20.1. The number of furan rings is 1. The maximum Gasteiger partial charge on any atom is 0.337 e. The lowest BCUT2D eigenvalue weighted by Crippen LogP contribution is -2.14. The molecule has 5 rings (SSSR count). The summed E-state index contributed by atoms with van der Waals surface area (Å²) in [6, 6.07) is 20.2. The van der Waals surface area contributed by atoms with Gasteiger partial charge in [0.05, 0.1) is 24.5 Å². The van der Waals surface area contributed by atoms with Crippen molar-refractivity contribution in [1.82, 2.24) is 0 Å². The van der Waals surface area contributed by atoms with Crippen LogP contribution in [0.5, 0.6) is 0 Å². The number of anilines is 1. The molecule has 176 valence electrons. The van der Waals surface area contributed by atoms with Crippen LogP contribution in [0.25, 0.3) is 11.3 Å². The van der Waals surface area contributed by atoms with Crippen LogP contribution in [0.3, 0.4) is 0 Å². The molecule has 1 N–H and O–H groups in total. The molecule has 1 amide bonds. The summed E-state index contributed by atoms with van der Waals surface area (Å²) < 4.78 is 10.8.